The molecular formula is C14H29NO. The molecular weight excluding hydrogens is 198 g/mol. The summed E-state index contributed by atoms with van der Waals surface area (Å²) in [4.78, 5) is 0. The lowest BCUT2D eigenvalue weighted by Crippen LogP contribution is -2.51. The molecule has 0 radical (unpaired) electrons. The third kappa shape index (κ3) is 3.46. The van der Waals surface area contributed by atoms with E-state index >= 15 is 0 Å². The molecule has 1 saturated carbocycles. The first kappa shape index (κ1) is 14.0. The van der Waals surface area contributed by atoms with Crippen LogP contribution >= 0.6 is 0 Å². The molecule has 1 fully saturated rings. The number of rotatable bonds is 8. The second-order valence-corrected chi connectivity index (χ2v) is 4.96. The molecule has 1 atom stereocenters. The van der Waals surface area contributed by atoms with Crippen molar-refractivity contribution in [3.63, 3.8) is 0 Å². The summed E-state index contributed by atoms with van der Waals surface area (Å²) in [5.41, 5.74) is 0.153. The molecule has 1 aliphatic rings. The van der Waals surface area contributed by atoms with E-state index in [-0.39, 0.29) is 5.60 Å². The van der Waals surface area contributed by atoms with E-state index < -0.39 is 0 Å². The Labute approximate surface area is 101 Å². The van der Waals surface area contributed by atoms with Gasteiger partial charge in [-0.2, -0.15) is 0 Å². The molecule has 0 aliphatic heterocycles. The smallest absolute Gasteiger partial charge is 0.0834 e. The lowest BCUT2D eigenvalue weighted by Gasteiger charge is -2.38. The molecule has 0 amide bonds. The molecule has 0 spiro atoms. The second-order valence-electron chi connectivity index (χ2n) is 4.96. The second kappa shape index (κ2) is 7.29. The summed E-state index contributed by atoms with van der Waals surface area (Å²) in [6, 6.07) is 0.569. The van der Waals surface area contributed by atoms with Crippen molar-refractivity contribution < 1.29 is 4.74 Å². The Balaban J connectivity index is 2.62. The van der Waals surface area contributed by atoms with Crippen LogP contribution in [0.3, 0.4) is 0 Å². The fourth-order valence-electron chi connectivity index (χ4n) is 3.06. The summed E-state index contributed by atoms with van der Waals surface area (Å²) in [7, 11) is 0. The van der Waals surface area contributed by atoms with Gasteiger partial charge in [-0.1, -0.05) is 39.5 Å². The highest BCUT2D eigenvalue weighted by atomic mass is 16.5. The molecule has 1 N–H and O–H groups in total. The minimum atomic E-state index is 0.153. The highest BCUT2D eigenvalue weighted by Gasteiger charge is 2.41. The monoisotopic (exact) mass is 227 g/mol. The van der Waals surface area contributed by atoms with E-state index in [0.717, 1.165) is 13.2 Å². The van der Waals surface area contributed by atoms with Gasteiger partial charge in [-0.05, 0) is 32.7 Å². The highest BCUT2D eigenvalue weighted by Crippen LogP contribution is 2.37. The first-order valence-electron chi connectivity index (χ1n) is 7.16. The summed E-state index contributed by atoms with van der Waals surface area (Å²) in [6.07, 6.45) is 9.05. The molecule has 96 valence electrons. The van der Waals surface area contributed by atoms with Crippen LogP contribution in [0.5, 0.6) is 0 Å². The zero-order chi connectivity index (χ0) is 11.9. The first-order chi connectivity index (χ1) is 7.79. The Kier molecular flexibility index (Phi) is 6.37. The molecule has 0 aromatic carbocycles. The van der Waals surface area contributed by atoms with Crippen LogP contribution < -0.4 is 5.32 Å². The van der Waals surface area contributed by atoms with Crippen molar-refractivity contribution in [2.45, 2.75) is 77.4 Å². The van der Waals surface area contributed by atoms with Gasteiger partial charge >= 0.3 is 0 Å². The molecule has 1 rings (SSSR count). The van der Waals surface area contributed by atoms with Gasteiger partial charge in [-0.15, -0.1) is 0 Å². The topological polar surface area (TPSA) is 21.3 Å². The standard InChI is InChI=1S/C14H29NO/c1-4-7-10-13(15-5-2)14(16-6-3)11-8-9-12-14/h13,15H,4-12H2,1-3H3. The van der Waals surface area contributed by atoms with Crippen LogP contribution in [0.1, 0.15) is 65.7 Å². The number of likely N-dealkylation sites (N-methyl/N-ethyl adjacent to an activating group) is 1. The van der Waals surface area contributed by atoms with Crippen LogP contribution in [0.4, 0.5) is 0 Å². The molecule has 0 aromatic rings. The Morgan fingerprint density at radius 2 is 1.88 bits per heavy atom. The van der Waals surface area contributed by atoms with Crippen molar-refractivity contribution in [1.82, 2.24) is 5.32 Å². The number of unbranched alkanes of at least 4 members (excludes halogenated alkanes) is 1. The largest absolute Gasteiger partial charge is 0.374 e. The van der Waals surface area contributed by atoms with E-state index in [1.807, 2.05) is 0 Å². The minimum Gasteiger partial charge on any atom is -0.374 e. The van der Waals surface area contributed by atoms with Gasteiger partial charge in [0.05, 0.1) is 5.60 Å². The predicted molar refractivity (Wildman–Crippen MR) is 69.8 cm³/mol. The van der Waals surface area contributed by atoms with E-state index in [1.165, 1.54) is 44.9 Å². The quantitative estimate of drug-likeness (QED) is 0.685. The minimum absolute atomic E-state index is 0.153. The molecule has 16 heavy (non-hydrogen) atoms. The van der Waals surface area contributed by atoms with Crippen LogP contribution in [0.15, 0.2) is 0 Å². The summed E-state index contributed by atoms with van der Waals surface area (Å²) < 4.78 is 6.14. The van der Waals surface area contributed by atoms with Crippen molar-refractivity contribution in [1.29, 1.82) is 0 Å². The van der Waals surface area contributed by atoms with Crippen molar-refractivity contribution >= 4 is 0 Å². The van der Waals surface area contributed by atoms with Crippen molar-refractivity contribution in [2.75, 3.05) is 13.2 Å². The third-order valence-corrected chi connectivity index (χ3v) is 3.81. The molecule has 0 heterocycles. The van der Waals surface area contributed by atoms with Gasteiger partial charge in [0.25, 0.3) is 0 Å². The van der Waals surface area contributed by atoms with Gasteiger partial charge < -0.3 is 10.1 Å². The van der Waals surface area contributed by atoms with Gasteiger partial charge in [0.1, 0.15) is 0 Å². The van der Waals surface area contributed by atoms with Crippen LogP contribution in [0.2, 0.25) is 0 Å². The van der Waals surface area contributed by atoms with Crippen LogP contribution in [-0.2, 0) is 4.74 Å². The zero-order valence-electron chi connectivity index (χ0n) is 11.3. The number of nitrogens with one attached hydrogen (secondary N) is 1. The number of ether oxygens (including phenoxy) is 1. The van der Waals surface area contributed by atoms with E-state index in [1.54, 1.807) is 0 Å². The average Bonchev–Trinajstić information content (AvgIpc) is 2.74. The van der Waals surface area contributed by atoms with E-state index in [0.29, 0.717) is 6.04 Å². The molecule has 2 nitrogen and oxygen atoms in total. The SMILES string of the molecule is CCCCC(NCC)C1(OCC)CCCC1. The normalized spacial score (nSPS) is 21.2. The van der Waals surface area contributed by atoms with Gasteiger partial charge in [-0.3, -0.25) is 0 Å². The fourth-order valence-corrected chi connectivity index (χ4v) is 3.06. The third-order valence-electron chi connectivity index (χ3n) is 3.81. The van der Waals surface area contributed by atoms with Crippen molar-refractivity contribution in [3.8, 4) is 0 Å². The Morgan fingerprint density at radius 3 is 2.38 bits per heavy atom. The van der Waals surface area contributed by atoms with E-state index in [9.17, 15) is 0 Å². The highest BCUT2D eigenvalue weighted by molar-refractivity contribution is 4.96. The van der Waals surface area contributed by atoms with Crippen LogP contribution in [0.25, 0.3) is 0 Å². The molecule has 0 aromatic heterocycles. The molecule has 0 bridgehead atoms. The fraction of sp³-hybridized carbons (Fsp3) is 1.00. The lowest BCUT2D eigenvalue weighted by atomic mass is 9.88. The molecule has 1 aliphatic carbocycles. The summed E-state index contributed by atoms with van der Waals surface area (Å²) in [5.74, 6) is 0. The maximum Gasteiger partial charge on any atom is 0.0834 e. The lowest BCUT2D eigenvalue weighted by molar-refractivity contribution is -0.0632. The molecule has 0 saturated heterocycles. The van der Waals surface area contributed by atoms with Gasteiger partial charge in [0.2, 0.25) is 0 Å². The van der Waals surface area contributed by atoms with E-state index in [4.69, 9.17) is 4.74 Å². The summed E-state index contributed by atoms with van der Waals surface area (Å²) >= 11 is 0. The van der Waals surface area contributed by atoms with Gasteiger partial charge in [0.15, 0.2) is 0 Å². The van der Waals surface area contributed by atoms with Gasteiger partial charge in [0, 0.05) is 12.6 Å². The number of hydrogen-bond acceptors (Lipinski definition) is 2. The summed E-state index contributed by atoms with van der Waals surface area (Å²) in [6.45, 7) is 8.51. The number of hydrogen-bond donors (Lipinski definition) is 1. The van der Waals surface area contributed by atoms with Crippen molar-refractivity contribution in [3.05, 3.63) is 0 Å². The summed E-state index contributed by atoms with van der Waals surface area (Å²) in [5, 5.41) is 3.66. The van der Waals surface area contributed by atoms with Crippen molar-refractivity contribution in [2.24, 2.45) is 0 Å². The van der Waals surface area contributed by atoms with Crippen LogP contribution in [0, 0.1) is 0 Å². The Bertz CT molecular complexity index is 176. The van der Waals surface area contributed by atoms with Crippen LogP contribution in [-0.4, -0.2) is 24.8 Å². The maximum atomic E-state index is 6.14. The Hall–Kier alpha value is -0.0800. The molecule has 2 heteroatoms. The van der Waals surface area contributed by atoms with E-state index in [2.05, 4.69) is 26.1 Å². The first-order valence-corrected chi connectivity index (χ1v) is 7.16. The Morgan fingerprint density at radius 1 is 1.19 bits per heavy atom. The maximum absolute atomic E-state index is 6.14. The zero-order valence-corrected chi connectivity index (χ0v) is 11.3. The predicted octanol–water partition coefficient (Wildman–Crippen LogP) is 3.50. The average molecular weight is 227 g/mol. The molecule has 1 unspecified atom stereocenters. The van der Waals surface area contributed by atoms with Gasteiger partial charge in [-0.25, -0.2) is 0 Å².